The first kappa shape index (κ1) is 15.2. The van der Waals surface area contributed by atoms with Crippen LogP contribution >= 0.6 is 0 Å². The molecule has 0 bridgehead atoms. The summed E-state index contributed by atoms with van der Waals surface area (Å²) in [4.78, 5) is 15.3. The summed E-state index contributed by atoms with van der Waals surface area (Å²) in [6, 6.07) is 8.07. The molecule has 1 amide bonds. The Hall–Kier alpha value is -2.30. The molecule has 5 nitrogen and oxygen atoms in total. The normalized spacial score (nSPS) is 18.1. The molecule has 0 spiro atoms. The van der Waals surface area contributed by atoms with Crippen LogP contribution in [0.15, 0.2) is 30.5 Å². The van der Waals surface area contributed by atoms with Gasteiger partial charge in [0, 0.05) is 18.5 Å². The van der Waals surface area contributed by atoms with E-state index in [1.165, 1.54) is 25.7 Å². The fraction of sp³-hybridized carbons (Fsp3) is 0.474. The fourth-order valence-electron chi connectivity index (χ4n) is 3.90. The van der Waals surface area contributed by atoms with Crippen molar-refractivity contribution in [2.45, 2.75) is 45.1 Å². The third kappa shape index (κ3) is 2.68. The zero-order valence-corrected chi connectivity index (χ0v) is 14.2. The van der Waals surface area contributed by atoms with Gasteiger partial charge in [0.25, 0.3) is 0 Å². The van der Waals surface area contributed by atoms with Crippen LogP contribution in [0, 0.1) is 5.92 Å². The Kier molecular flexibility index (Phi) is 4.00. The van der Waals surface area contributed by atoms with Gasteiger partial charge in [-0.05, 0) is 25.0 Å². The zero-order chi connectivity index (χ0) is 16.5. The van der Waals surface area contributed by atoms with Gasteiger partial charge < -0.3 is 10.2 Å². The van der Waals surface area contributed by atoms with E-state index in [4.69, 9.17) is 0 Å². The first-order valence-electron chi connectivity index (χ1n) is 8.92. The lowest BCUT2D eigenvalue weighted by atomic mass is 9.98. The van der Waals surface area contributed by atoms with Crippen LogP contribution in [-0.4, -0.2) is 15.7 Å². The maximum atomic E-state index is 13.3. The van der Waals surface area contributed by atoms with Crippen LogP contribution < -0.4 is 10.2 Å². The van der Waals surface area contributed by atoms with Gasteiger partial charge in [-0.2, -0.15) is 5.10 Å². The largest absolute Gasteiger partial charge is 0.338 e. The molecule has 1 aliphatic heterocycles. The highest BCUT2D eigenvalue weighted by atomic mass is 16.2. The second kappa shape index (κ2) is 6.30. The van der Waals surface area contributed by atoms with Crippen LogP contribution in [0.25, 0.3) is 0 Å². The summed E-state index contributed by atoms with van der Waals surface area (Å²) in [5, 5.41) is 7.81. The molecule has 0 radical (unpaired) electrons. The van der Waals surface area contributed by atoms with Gasteiger partial charge in [-0.3, -0.25) is 9.48 Å². The van der Waals surface area contributed by atoms with Crippen molar-refractivity contribution in [3.8, 4) is 0 Å². The number of aryl methyl sites for hydroxylation is 1. The van der Waals surface area contributed by atoms with E-state index in [1.807, 2.05) is 47.1 Å². The molecule has 1 fully saturated rings. The van der Waals surface area contributed by atoms with E-state index in [1.54, 1.807) is 0 Å². The first-order chi connectivity index (χ1) is 11.7. The van der Waals surface area contributed by atoms with E-state index in [9.17, 15) is 4.79 Å². The number of carbonyl (C=O) groups excluding carboxylic acids is 1. The SMILES string of the molecule is Cn1ncc2c1Nc1ccccc1N(C(=O)C1CCCCCC1)C2. The number of aromatic nitrogens is 2. The summed E-state index contributed by atoms with van der Waals surface area (Å²) in [6.45, 7) is 0.586. The average molecular weight is 324 g/mol. The average Bonchev–Trinajstić information content (AvgIpc) is 2.82. The molecule has 2 aromatic rings. The highest BCUT2D eigenvalue weighted by Crippen LogP contribution is 2.37. The maximum absolute atomic E-state index is 13.3. The van der Waals surface area contributed by atoms with E-state index in [0.717, 1.165) is 35.6 Å². The summed E-state index contributed by atoms with van der Waals surface area (Å²) in [7, 11) is 1.93. The van der Waals surface area contributed by atoms with E-state index in [-0.39, 0.29) is 11.8 Å². The number of anilines is 3. The highest BCUT2D eigenvalue weighted by Gasteiger charge is 2.30. The van der Waals surface area contributed by atoms with Gasteiger partial charge >= 0.3 is 0 Å². The molecule has 126 valence electrons. The summed E-state index contributed by atoms with van der Waals surface area (Å²) >= 11 is 0. The molecule has 0 unspecified atom stereocenters. The van der Waals surface area contributed by atoms with Crippen LogP contribution in [0.3, 0.4) is 0 Å². The Labute approximate surface area is 142 Å². The van der Waals surface area contributed by atoms with Crippen molar-refractivity contribution < 1.29 is 4.79 Å². The van der Waals surface area contributed by atoms with Crippen LogP contribution in [0.4, 0.5) is 17.2 Å². The Morgan fingerprint density at radius 1 is 1.17 bits per heavy atom. The number of hydrogen-bond donors (Lipinski definition) is 1. The van der Waals surface area contributed by atoms with Crippen molar-refractivity contribution in [2.24, 2.45) is 13.0 Å². The lowest BCUT2D eigenvalue weighted by Crippen LogP contribution is -2.35. The van der Waals surface area contributed by atoms with E-state index >= 15 is 0 Å². The topological polar surface area (TPSA) is 50.2 Å². The summed E-state index contributed by atoms with van der Waals surface area (Å²) in [6.07, 6.45) is 8.76. The van der Waals surface area contributed by atoms with Gasteiger partial charge in [-0.25, -0.2) is 0 Å². The smallest absolute Gasteiger partial charge is 0.230 e. The van der Waals surface area contributed by atoms with Gasteiger partial charge in [-0.1, -0.05) is 37.8 Å². The van der Waals surface area contributed by atoms with E-state index in [0.29, 0.717) is 6.54 Å². The first-order valence-corrected chi connectivity index (χ1v) is 8.92. The number of benzene rings is 1. The van der Waals surface area contributed by atoms with Crippen molar-refractivity contribution in [3.05, 3.63) is 36.0 Å². The molecule has 5 heteroatoms. The molecule has 4 rings (SSSR count). The highest BCUT2D eigenvalue weighted by molar-refractivity contribution is 5.99. The van der Waals surface area contributed by atoms with Gasteiger partial charge in [-0.15, -0.1) is 0 Å². The van der Waals surface area contributed by atoms with Crippen LogP contribution in [0.1, 0.15) is 44.1 Å². The summed E-state index contributed by atoms with van der Waals surface area (Å²) in [5.41, 5.74) is 3.01. The van der Waals surface area contributed by atoms with Crippen molar-refractivity contribution in [1.82, 2.24) is 9.78 Å². The van der Waals surface area contributed by atoms with Gasteiger partial charge in [0.1, 0.15) is 5.82 Å². The predicted molar refractivity (Wildman–Crippen MR) is 95.3 cm³/mol. The minimum Gasteiger partial charge on any atom is -0.338 e. The number of nitrogens with zero attached hydrogens (tertiary/aromatic N) is 3. The molecule has 0 saturated heterocycles. The quantitative estimate of drug-likeness (QED) is 0.807. The second-order valence-corrected chi connectivity index (χ2v) is 6.90. The Morgan fingerprint density at radius 2 is 1.92 bits per heavy atom. The van der Waals surface area contributed by atoms with Crippen LogP contribution in [0.5, 0.6) is 0 Å². The lowest BCUT2D eigenvalue weighted by Gasteiger charge is -2.26. The molecule has 1 saturated carbocycles. The minimum absolute atomic E-state index is 0.152. The molecule has 1 aliphatic carbocycles. The van der Waals surface area contributed by atoms with Crippen LogP contribution in [0.2, 0.25) is 0 Å². The van der Waals surface area contributed by atoms with Crippen LogP contribution in [-0.2, 0) is 18.4 Å². The van der Waals surface area contributed by atoms with Crippen molar-refractivity contribution in [2.75, 3.05) is 10.2 Å². The van der Waals surface area contributed by atoms with Crippen molar-refractivity contribution in [3.63, 3.8) is 0 Å². The van der Waals surface area contributed by atoms with E-state index < -0.39 is 0 Å². The van der Waals surface area contributed by atoms with Gasteiger partial charge in [0.05, 0.1) is 24.1 Å². The molecule has 0 atom stereocenters. The molecule has 2 heterocycles. The number of nitrogens with one attached hydrogen (secondary N) is 1. The monoisotopic (exact) mass is 324 g/mol. The molecule has 1 N–H and O–H groups in total. The second-order valence-electron chi connectivity index (χ2n) is 6.90. The molecule has 1 aromatic carbocycles. The third-order valence-corrected chi connectivity index (χ3v) is 5.26. The number of carbonyl (C=O) groups is 1. The van der Waals surface area contributed by atoms with Gasteiger partial charge in [0.15, 0.2) is 0 Å². The number of hydrogen-bond acceptors (Lipinski definition) is 3. The molecule has 24 heavy (non-hydrogen) atoms. The summed E-state index contributed by atoms with van der Waals surface area (Å²) in [5.74, 6) is 1.39. The number of para-hydroxylation sites is 2. The maximum Gasteiger partial charge on any atom is 0.230 e. The lowest BCUT2D eigenvalue weighted by molar-refractivity contribution is -0.122. The Bertz CT molecular complexity index is 744. The van der Waals surface area contributed by atoms with E-state index in [2.05, 4.69) is 10.4 Å². The Balaban J connectivity index is 1.72. The predicted octanol–water partition coefficient (Wildman–Crippen LogP) is 3.98. The Morgan fingerprint density at radius 3 is 2.71 bits per heavy atom. The third-order valence-electron chi connectivity index (χ3n) is 5.26. The fourth-order valence-corrected chi connectivity index (χ4v) is 3.90. The number of fused-ring (bicyclic) bond motifs is 2. The molecular formula is C19H24N4O. The van der Waals surface area contributed by atoms with Crippen molar-refractivity contribution in [1.29, 1.82) is 0 Å². The number of amides is 1. The molecule has 2 aliphatic rings. The number of rotatable bonds is 1. The minimum atomic E-state index is 0.152. The standard InChI is InChI=1S/C19H24N4O/c1-22-18-15(12-20-22)13-23(17-11-7-6-10-16(17)21-18)19(24)14-8-4-2-3-5-9-14/h6-7,10-12,14,21H,2-5,8-9,13H2,1H3. The molecule has 1 aromatic heterocycles. The van der Waals surface area contributed by atoms with Crippen molar-refractivity contribution >= 4 is 23.1 Å². The summed E-state index contributed by atoms with van der Waals surface area (Å²) < 4.78 is 1.84. The zero-order valence-electron chi connectivity index (χ0n) is 14.2. The molecular weight excluding hydrogens is 300 g/mol. The van der Waals surface area contributed by atoms with Gasteiger partial charge in [0.2, 0.25) is 5.91 Å².